The van der Waals surface area contributed by atoms with Gasteiger partial charge < -0.3 is 20.1 Å². The molecule has 1 saturated heterocycles. The minimum Gasteiger partial charge on any atom is -0.374 e. The molecule has 0 bridgehead atoms. The highest BCUT2D eigenvalue weighted by Gasteiger charge is 2.21. The van der Waals surface area contributed by atoms with Crippen LogP contribution in [-0.2, 0) is 22.6 Å². The summed E-state index contributed by atoms with van der Waals surface area (Å²) in [6.45, 7) is 14.7. The molecular formula is C22H39IN4O2. The van der Waals surface area contributed by atoms with Gasteiger partial charge in [-0.05, 0) is 30.9 Å². The predicted octanol–water partition coefficient (Wildman–Crippen LogP) is 3.25. The van der Waals surface area contributed by atoms with Crippen LogP contribution in [0.25, 0.3) is 0 Å². The molecule has 0 spiro atoms. The molecule has 2 N–H and O–H groups in total. The third kappa shape index (κ3) is 10.6. The number of nitrogens with zero attached hydrogens (tertiary/aromatic N) is 2. The SMILES string of the molecule is CN=C(NCc1cccc(COC(C)C)c1)NCC1CN(CC(C)C)CCO1.I. The predicted molar refractivity (Wildman–Crippen MR) is 131 cm³/mol. The maximum absolute atomic E-state index is 5.91. The van der Waals surface area contributed by atoms with Crippen molar-refractivity contribution in [1.29, 1.82) is 0 Å². The van der Waals surface area contributed by atoms with Gasteiger partial charge in [-0.15, -0.1) is 24.0 Å². The van der Waals surface area contributed by atoms with E-state index in [1.807, 2.05) is 0 Å². The molecule has 6 nitrogen and oxygen atoms in total. The van der Waals surface area contributed by atoms with Crippen molar-refractivity contribution in [2.24, 2.45) is 10.9 Å². The van der Waals surface area contributed by atoms with Crippen LogP contribution in [0.3, 0.4) is 0 Å². The van der Waals surface area contributed by atoms with Crippen LogP contribution in [0.4, 0.5) is 0 Å². The van der Waals surface area contributed by atoms with Gasteiger partial charge in [-0.25, -0.2) is 0 Å². The van der Waals surface area contributed by atoms with E-state index >= 15 is 0 Å². The van der Waals surface area contributed by atoms with E-state index in [9.17, 15) is 0 Å². The van der Waals surface area contributed by atoms with Crippen molar-refractivity contribution < 1.29 is 9.47 Å². The first kappa shape index (κ1) is 26.1. The smallest absolute Gasteiger partial charge is 0.191 e. The number of nitrogens with one attached hydrogen (secondary N) is 2. The molecule has 166 valence electrons. The monoisotopic (exact) mass is 518 g/mol. The van der Waals surface area contributed by atoms with E-state index in [4.69, 9.17) is 9.47 Å². The fourth-order valence-corrected chi connectivity index (χ4v) is 3.30. The molecule has 0 saturated carbocycles. The maximum atomic E-state index is 5.91. The van der Waals surface area contributed by atoms with Gasteiger partial charge in [0.05, 0.1) is 25.4 Å². The van der Waals surface area contributed by atoms with E-state index in [0.29, 0.717) is 12.5 Å². The fourth-order valence-electron chi connectivity index (χ4n) is 3.30. The van der Waals surface area contributed by atoms with E-state index in [1.165, 1.54) is 11.1 Å². The van der Waals surface area contributed by atoms with E-state index < -0.39 is 0 Å². The second kappa shape index (κ2) is 14.2. The first-order valence-electron chi connectivity index (χ1n) is 10.4. The van der Waals surface area contributed by atoms with Crippen LogP contribution in [-0.4, -0.2) is 62.9 Å². The summed E-state index contributed by atoms with van der Waals surface area (Å²) in [5.41, 5.74) is 2.40. The van der Waals surface area contributed by atoms with E-state index in [0.717, 1.165) is 45.3 Å². The number of hydrogen-bond donors (Lipinski definition) is 2. The molecule has 0 amide bonds. The molecule has 1 atom stereocenters. The van der Waals surface area contributed by atoms with Crippen LogP contribution in [0.1, 0.15) is 38.8 Å². The summed E-state index contributed by atoms with van der Waals surface area (Å²) in [7, 11) is 1.80. The van der Waals surface area contributed by atoms with E-state index in [1.54, 1.807) is 7.05 Å². The number of rotatable bonds is 9. The molecular weight excluding hydrogens is 479 g/mol. The molecule has 2 rings (SSSR count). The number of halogens is 1. The first-order valence-corrected chi connectivity index (χ1v) is 10.4. The summed E-state index contributed by atoms with van der Waals surface area (Å²) in [6.07, 6.45) is 0.436. The molecule has 7 heteroatoms. The first-order chi connectivity index (χ1) is 13.5. The summed E-state index contributed by atoms with van der Waals surface area (Å²) in [5, 5.41) is 6.79. The summed E-state index contributed by atoms with van der Waals surface area (Å²) in [5.74, 6) is 1.48. The van der Waals surface area contributed by atoms with Gasteiger partial charge in [0.25, 0.3) is 0 Å². The lowest BCUT2D eigenvalue weighted by Gasteiger charge is -2.34. The third-order valence-electron chi connectivity index (χ3n) is 4.60. The van der Waals surface area contributed by atoms with Crippen LogP contribution < -0.4 is 10.6 Å². The zero-order chi connectivity index (χ0) is 20.4. The Morgan fingerprint density at radius 1 is 1.24 bits per heavy atom. The van der Waals surface area contributed by atoms with Gasteiger partial charge in [0, 0.05) is 39.8 Å². The standard InChI is InChI=1S/C22H38N4O2.HI/c1-17(2)14-26-9-10-27-21(15-26)13-25-22(23-5)24-12-19-7-6-8-20(11-19)16-28-18(3)4;/h6-8,11,17-18,21H,9-10,12-16H2,1-5H3,(H2,23,24,25);1H. The Morgan fingerprint density at radius 3 is 2.69 bits per heavy atom. The average Bonchev–Trinajstić information content (AvgIpc) is 2.66. The van der Waals surface area contributed by atoms with Gasteiger partial charge in [-0.3, -0.25) is 9.89 Å². The molecule has 1 aromatic carbocycles. The molecule has 0 radical (unpaired) electrons. The molecule has 1 aliphatic heterocycles. The molecule has 0 aromatic heterocycles. The van der Waals surface area contributed by atoms with Crippen molar-refractivity contribution >= 4 is 29.9 Å². The number of benzene rings is 1. The third-order valence-corrected chi connectivity index (χ3v) is 4.60. The lowest BCUT2D eigenvalue weighted by Crippen LogP contribution is -2.50. The van der Waals surface area contributed by atoms with Crippen LogP contribution in [0, 0.1) is 5.92 Å². The molecule has 1 aliphatic rings. The zero-order valence-electron chi connectivity index (χ0n) is 18.6. The van der Waals surface area contributed by atoms with Crippen molar-refractivity contribution in [2.45, 2.75) is 53.1 Å². The topological polar surface area (TPSA) is 58.1 Å². The van der Waals surface area contributed by atoms with Gasteiger partial charge in [0.2, 0.25) is 0 Å². The summed E-state index contributed by atoms with van der Waals surface area (Å²) >= 11 is 0. The van der Waals surface area contributed by atoms with Crippen LogP contribution >= 0.6 is 24.0 Å². The number of guanidine groups is 1. The molecule has 0 aliphatic carbocycles. The van der Waals surface area contributed by atoms with Gasteiger partial charge >= 0.3 is 0 Å². The van der Waals surface area contributed by atoms with Crippen molar-refractivity contribution in [2.75, 3.05) is 39.8 Å². The van der Waals surface area contributed by atoms with Gasteiger partial charge in [0.1, 0.15) is 0 Å². The Bertz CT molecular complexity index is 610. The van der Waals surface area contributed by atoms with Crippen LogP contribution in [0.2, 0.25) is 0 Å². The average molecular weight is 518 g/mol. The summed E-state index contributed by atoms with van der Waals surface area (Å²) in [4.78, 5) is 6.82. The largest absolute Gasteiger partial charge is 0.374 e. The van der Waals surface area contributed by atoms with Gasteiger partial charge in [-0.2, -0.15) is 0 Å². The molecule has 1 heterocycles. The summed E-state index contributed by atoms with van der Waals surface area (Å²) in [6, 6.07) is 8.47. The lowest BCUT2D eigenvalue weighted by atomic mass is 10.1. The Morgan fingerprint density at radius 2 is 2.00 bits per heavy atom. The lowest BCUT2D eigenvalue weighted by molar-refractivity contribution is -0.0284. The van der Waals surface area contributed by atoms with E-state index in [-0.39, 0.29) is 36.2 Å². The Labute approximate surface area is 193 Å². The maximum Gasteiger partial charge on any atom is 0.191 e. The molecule has 1 fully saturated rings. The van der Waals surface area contributed by atoms with Gasteiger partial charge in [-0.1, -0.05) is 38.1 Å². The fraction of sp³-hybridized carbons (Fsp3) is 0.682. The van der Waals surface area contributed by atoms with E-state index in [2.05, 4.69) is 72.5 Å². The minimum absolute atomic E-state index is 0. The molecule has 1 aromatic rings. The Hall–Kier alpha value is -0.900. The van der Waals surface area contributed by atoms with Crippen LogP contribution in [0.15, 0.2) is 29.3 Å². The second-order valence-corrected chi connectivity index (χ2v) is 8.13. The molecule has 1 unspecified atom stereocenters. The van der Waals surface area contributed by atoms with Crippen molar-refractivity contribution in [1.82, 2.24) is 15.5 Å². The van der Waals surface area contributed by atoms with Crippen molar-refractivity contribution in [3.63, 3.8) is 0 Å². The second-order valence-electron chi connectivity index (χ2n) is 8.13. The molecule has 29 heavy (non-hydrogen) atoms. The number of aliphatic imine (C=N–C) groups is 1. The Balaban J connectivity index is 0.00000420. The summed E-state index contributed by atoms with van der Waals surface area (Å²) < 4.78 is 11.6. The highest BCUT2D eigenvalue weighted by molar-refractivity contribution is 14.0. The highest BCUT2D eigenvalue weighted by Crippen LogP contribution is 2.09. The number of hydrogen-bond acceptors (Lipinski definition) is 4. The van der Waals surface area contributed by atoms with Crippen LogP contribution in [0.5, 0.6) is 0 Å². The Kier molecular flexibility index (Phi) is 12.8. The number of morpholine rings is 1. The normalized spacial score (nSPS) is 18.0. The van der Waals surface area contributed by atoms with Crippen molar-refractivity contribution in [3.8, 4) is 0 Å². The van der Waals surface area contributed by atoms with Gasteiger partial charge in [0.15, 0.2) is 5.96 Å². The highest BCUT2D eigenvalue weighted by atomic mass is 127. The quantitative estimate of drug-likeness (QED) is 0.299. The number of ether oxygens (including phenoxy) is 2. The minimum atomic E-state index is 0. The van der Waals surface area contributed by atoms with Crippen molar-refractivity contribution in [3.05, 3.63) is 35.4 Å². The zero-order valence-corrected chi connectivity index (χ0v) is 20.9.